The maximum absolute atomic E-state index is 10.7. The van der Waals surface area contributed by atoms with Crippen molar-refractivity contribution >= 4 is 17.8 Å². The number of carboxylic acids is 1. The standard InChI is InChI=1S/C9H16N2O5/c1-6(12)10-3-8(4-11-7(2)13)16-5-9(14)15/h8H,3-5H2,1-2H3,(H,10,12)(H,11,13)(H,14,15). The summed E-state index contributed by atoms with van der Waals surface area (Å²) in [5, 5.41) is 13.4. The third kappa shape index (κ3) is 8.95. The molecule has 0 spiro atoms. The highest BCUT2D eigenvalue weighted by molar-refractivity contribution is 5.73. The largest absolute Gasteiger partial charge is 0.480 e. The number of hydrogen-bond donors (Lipinski definition) is 3. The molecule has 0 rings (SSSR count). The molecule has 0 aliphatic carbocycles. The normalized spacial score (nSPS) is 9.94. The van der Waals surface area contributed by atoms with E-state index in [0.29, 0.717) is 0 Å². The fourth-order valence-corrected chi connectivity index (χ4v) is 0.894. The molecule has 92 valence electrons. The molecule has 0 aromatic carbocycles. The lowest BCUT2D eigenvalue weighted by Gasteiger charge is -2.17. The van der Waals surface area contributed by atoms with Gasteiger partial charge in [0.1, 0.15) is 6.61 Å². The van der Waals surface area contributed by atoms with Gasteiger partial charge in [0.2, 0.25) is 11.8 Å². The first-order valence-electron chi connectivity index (χ1n) is 4.74. The number of carbonyl (C=O) groups is 3. The van der Waals surface area contributed by atoms with Crippen LogP contribution in [-0.2, 0) is 19.1 Å². The van der Waals surface area contributed by atoms with Gasteiger partial charge in [0.15, 0.2) is 0 Å². The van der Waals surface area contributed by atoms with Crippen molar-refractivity contribution in [2.24, 2.45) is 0 Å². The lowest BCUT2D eigenvalue weighted by Crippen LogP contribution is -2.41. The highest BCUT2D eigenvalue weighted by Gasteiger charge is 2.12. The molecule has 0 bridgehead atoms. The van der Waals surface area contributed by atoms with Crippen molar-refractivity contribution in [2.75, 3.05) is 19.7 Å². The Hall–Kier alpha value is -1.63. The summed E-state index contributed by atoms with van der Waals surface area (Å²) in [4.78, 5) is 31.6. The number of aliphatic carboxylic acids is 1. The summed E-state index contributed by atoms with van der Waals surface area (Å²) in [7, 11) is 0. The number of amides is 2. The fourth-order valence-electron chi connectivity index (χ4n) is 0.894. The van der Waals surface area contributed by atoms with Crippen LogP contribution in [0.4, 0.5) is 0 Å². The second kappa shape index (κ2) is 7.63. The molecule has 7 heteroatoms. The number of rotatable bonds is 7. The van der Waals surface area contributed by atoms with Gasteiger partial charge in [-0.2, -0.15) is 0 Å². The summed E-state index contributed by atoms with van der Waals surface area (Å²) in [5.74, 6) is -1.59. The first kappa shape index (κ1) is 14.4. The highest BCUT2D eigenvalue weighted by Crippen LogP contribution is 1.89. The van der Waals surface area contributed by atoms with Crippen molar-refractivity contribution in [3.8, 4) is 0 Å². The molecule has 7 nitrogen and oxygen atoms in total. The molecule has 0 radical (unpaired) electrons. The minimum absolute atomic E-state index is 0.156. The molecule has 0 aromatic heterocycles. The van der Waals surface area contributed by atoms with Crippen molar-refractivity contribution in [3.63, 3.8) is 0 Å². The zero-order chi connectivity index (χ0) is 12.6. The molecule has 0 fully saturated rings. The minimum atomic E-state index is -1.10. The van der Waals surface area contributed by atoms with E-state index in [2.05, 4.69) is 10.6 Å². The van der Waals surface area contributed by atoms with Gasteiger partial charge in [-0.3, -0.25) is 9.59 Å². The molecule has 0 saturated carbocycles. The average molecular weight is 232 g/mol. The molecule has 0 heterocycles. The molecule has 16 heavy (non-hydrogen) atoms. The molecule has 2 amide bonds. The third-order valence-corrected chi connectivity index (χ3v) is 1.60. The zero-order valence-corrected chi connectivity index (χ0v) is 9.28. The quantitative estimate of drug-likeness (QED) is 0.507. The zero-order valence-electron chi connectivity index (χ0n) is 9.28. The summed E-state index contributed by atoms with van der Waals surface area (Å²) in [6.45, 7) is 2.52. The van der Waals surface area contributed by atoms with Crippen molar-refractivity contribution in [1.29, 1.82) is 0 Å². The van der Waals surface area contributed by atoms with Crippen molar-refractivity contribution in [1.82, 2.24) is 10.6 Å². The third-order valence-electron chi connectivity index (χ3n) is 1.60. The molecule has 3 N–H and O–H groups in total. The molecule has 0 saturated heterocycles. The average Bonchev–Trinajstić information content (AvgIpc) is 2.15. The Kier molecular flexibility index (Phi) is 6.86. The van der Waals surface area contributed by atoms with Crippen LogP contribution in [-0.4, -0.2) is 48.7 Å². The second-order valence-corrected chi connectivity index (χ2v) is 3.20. The van der Waals surface area contributed by atoms with E-state index in [-0.39, 0.29) is 24.9 Å². The van der Waals surface area contributed by atoms with E-state index in [9.17, 15) is 14.4 Å². The Morgan fingerprint density at radius 3 is 1.88 bits per heavy atom. The van der Waals surface area contributed by atoms with E-state index in [0.717, 1.165) is 0 Å². The number of ether oxygens (including phenoxy) is 1. The van der Waals surface area contributed by atoms with Gasteiger partial charge < -0.3 is 20.5 Å². The van der Waals surface area contributed by atoms with Crippen LogP contribution < -0.4 is 10.6 Å². The van der Waals surface area contributed by atoms with Gasteiger partial charge >= 0.3 is 5.97 Å². The van der Waals surface area contributed by atoms with E-state index < -0.39 is 18.7 Å². The predicted molar refractivity (Wildman–Crippen MR) is 54.7 cm³/mol. The van der Waals surface area contributed by atoms with Crippen LogP contribution in [0, 0.1) is 0 Å². The molecule has 0 aliphatic rings. The van der Waals surface area contributed by atoms with Crippen LogP contribution >= 0.6 is 0 Å². The number of nitrogens with one attached hydrogen (secondary N) is 2. The Morgan fingerprint density at radius 1 is 1.12 bits per heavy atom. The number of hydrogen-bond acceptors (Lipinski definition) is 4. The van der Waals surface area contributed by atoms with Crippen molar-refractivity contribution in [2.45, 2.75) is 20.0 Å². The lowest BCUT2D eigenvalue weighted by atomic mass is 10.3. The summed E-state index contributed by atoms with van der Waals surface area (Å²) >= 11 is 0. The van der Waals surface area contributed by atoms with Crippen LogP contribution in [0.25, 0.3) is 0 Å². The molecule has 0 aromatic rings. The van der Waals surface area contributed by atoms with Gasteiger partial charge in [-0.25, -0.2) is 4.79 Å². The molecule has 0 atom stereocenters. The van der Waals surface area contributed by atoms with Crippen molar-refractivity contribution < 1.29 is 24.2 Å². The smallest absolute Gasteiger partial charge is 0.329 e. The van der Waals surface area contributed by atoms with Crippen LogP contribution in [0.5, 0.6) is 0 Å². The fraction of sp³-hybridized carbons (Fsp3) is 0.667. The Morgan fingerprint density at radius 2 is 1.56 bits per heavy atom. The van der Waals surface area contributed by atoms with Gasteiger partial charge in [0, 0.05) is 26.9 Å². The van der Waals surface area contributed by atoms with Gasteiger partial charge in [0.05, 0.1) is 6.10 Å². The minimum Gasteiger partial charge on any atom is -0.480 e. The summed E-state index contributed by atoms with van der Waals surface area (Å²) in [6, 6.07) is 0. The summed E-state index contributed by atoms with van der Waals surface area (Å²) in [5.41, 5.74) is 0. The highest BCUT2D eigenvalue weighted by atomic mass is 16.5. The molecule has 0 aliphatic heterocycles. The van der Waals surface area contributed by atoms with Gasteiger partial charge in [-0.15, -0.1) is 0 Å². The van der Waals surface area contributed by atoms with Crippen LogP contribution in [0.15, 0.2) is 0 Å². The van der Waals surface area contributed by atoms with Crippen LogP contribution in [0.3, 0.4) is 0 Å². The van der Waals surface area contributed by atoms with Crippen LogP contribution in [0.2, 0.25) is 0 Å². The Balaban J connectivity index is 3.98. The number of carboxylic acid groups (broad SMARTS) is 1. The second-order valence-electron chi connectivity index (χ2n) is 3.20. The summed E-state index contributed by atoms with van der Waals surface area (Å²) < 4.78 is 4.98. The molecule has 0 unspecified atom stereocenters. The van der Waals surface area contributed by atoms with E-state index in [4.69, 9.17) is 9.84 Å². The predicted octanol–water partition coefficient (Wildman–Crippen LogP) is -1.27. The number of carbonyl (C=O) groups excluding carboxylic acids is 2. The topological polar surface area (TPSA) is 105 Å². The van der Waals surface area contributed by atoms with Gasteiger partial charge in [0.25, 0.3) is 0 Å². The van der Waals surface area contributed by atoms with Crippen LogP contribution in [0.1, 0.15) is 13.8 Å². The first-order chi connectivity index (χ1) is 7.41. The SMILES string of the molecule is CC(=O)NCC(CNC(C)=O)OCC(=O)O. The lowest BCUT2D eigenvalue weighted by molar-refractivity contribution is -0.144. The first-order valence-corrected chi connectivity index (χ1v) is 4.74. The Labute approximate surface area is 93.2 Å². The summed E-state index contributed by atoms with van der Waals surface area (Å²) in [6.07, 6.45) is -0.552. The van der Waals surface area contributed by atoms with E-state index in [1.165, 1.54) is 13.8 Å². The monoisotopic (exact) mass is 232 g/mol. The van der Waals surface area contributed by atoms with E-state index >= 15 is 0 Å². The van der Waals surface area contributed by atoms with Gasteiger partial charge in [-0.1, -0.05) is 0 Å². The van der Waals surface area contributed by atoms with E-state index in [1.807, 2.05) is 0 Å². The molecular weight excluding hydrogens is 216 g/mol. The maximum atomic E-state index is 10.7. The maximum Gasteiger partial charge on any atom is 0.329 e. The van der Waals surface area contributed by atoms with Gasteiger partial charge in [-0.05, 0) is 0 Å². The molecular formula is C9H16N2O5. The van der Waals surface area contributed by atoms with E-state index in [1.54, 1.807) is 0 Å². The Bertz CT molecular complexity index is 224. The van der Waals surface area contributed by atoms with Crippen molar-refractivity contribution in [3.05, 3.63) is 0 Å².